The normalized spacial score (nSPS) is 47.6. The highest BCUT2D eigenvalue weighted by molar-refractivity contribution is 5.02. The average Bonchev–Trinajstić information content (AvgIpc) is 3.08. The summed E-state index contributed by atoms with van der Waals surface area (Å²) in [5, 5.41) is 0. The number of hydrogen-bond donors (Lipinski definition) is 0. The second-order valence-corrected chi connectivity index (χ2v) is 8.02. The highest BCUT2D eigenvalue weighted by Gasteiger charge is 2.63. The Morgan fingerprint density at radius 2 is 1.13 bits per heavy atom. The predicted octanol–water partition coefficient (Wildman–Crippen LogP) is 3.25. The maximum atomic E-state index is 6.50. The number of hydrogen-bond acceptors (Lipinski definition) is 5. The maximum Gasteiger partial charge on any atom is 0.190 e. The zero-order valence-corrected chi connectivity index (χ0v) is 14.0. The van der Waals surface area contributed by atoms with Crippen LogP contribution >= 0.6 is 0 Å². The molecule has 5 aliphatic rings. The van der Waals surface area contributed by atoms with E-state index in [2.05, 4.69) is 6.92 Å². The Balaban J connectivity index is 1.38. The molecule has 0 radical (unpaired) electrons. The van der Waals surface area contributed by atoms with Crippen LogP contribution in [0.1, 0.15) is 71.1 Å². The molecule has 5 rings (SSSR count). The molecule has 1 unspecified atom stereocenters. The van der Waals surface area contributed by atoms with Gasteiger partial charge in [0.05, 0.1) is 6.10 Å². The largest absolute Gasteiger partial charge is 0.344 e. The van der Waals surface area contributed by atoms with Crippen molar-refractivity contribution in [3.63, 3.8) is 0 Å². The highest BCUT2D eigenvalue weighted by Crippen LogP contribution is 2.50. The molecule has 5 nitrogen and oxygen atoms in total. The van der Waals surface area contributed by atoms with Gasteiger partial charge in [0.2, 0.25) is 0 Å². The highest BCUT2D eigenvalue weighted by atomic mass is 16.9. The fraction of sp³-hybridized carbons (Fsp3) is 1.00. The molecule has 0 aromatic carbocycles. The fourth-order valence-electron chi connectivity index (χ4n) is 5.15. The Kier molecular flexibility index (Phi) is 3.54. The lowest BCUT2D eigenvalue weighted by atomic mass is 9.94. The molecular formula is C18H28O5. The molecule has 3 saturated heterocycles. The molecule has 23 heavy (non-hydrogen) atoms. The zero-order valence-electron chi connectivity index (χ0n) is 14.0. The van der Waals surface area contributed by atoms with Crippen molar-refractivity contribution in [1.29, 1.82) is 0 Å². The molecular weight excluding hydrogens is 296 g/mol. The molecule has 3 heterocycles. The molecule has 130 valence electrons. The van der Waals surface area contributed by atoms with Crippen molar-refractivity contribution in [1.82, 2.24) is 0 Å². The first-order valence-electron chi connectivity index (χ1n) is 9.56. The lowest BCUT2D eigenvalue weighted by Gasteiger charge is -2.35. The number of fused-ring (bicyclic) bond motifs is 3. The molecule has 0 aromatic heterocycles. The average molecular weight is 324 g/mol. The molecule has 0 aromatic rings. The molecule has 0 bridgehead atoms. The molecule has 2 aliphatic carbocycles. The van der Waals surface area contributed by atoms with Gasteiger partial charge in [0.15, 0.2) is 17.9 Å². The van der Waals surface area contributed by atoms with E-state index >= 15 is 0 Å². The third-order valence-electron chi connectivity index (χ3n) is 6.34. The van der Waals surface area contributed by atoms with Crippen LogP contribution in [0.4, 0.5) is 0 Å². The second kappa shape index (κ2) is 5.40. The molecule has 2 spiro atoms. The van der Waals surface area contributed by atoms with E-state index in [4.69, 9.17) is 23.7 Å². The minimum Gasteiger partial charge on any atom is -0.344 e. The number of ether oxygens (including phenoxy) is 5. The topological polar surface area (TPSA) is 46.2 Å². The van der Waals surface area contributed by atoms with Gasteiger partial charge >= 0.3 is 0 Å². The molecule has 5 fully saturated rings. The first-order valence-corrected chi connectivity index (χ1v) is 9.56. The molecule has 5 heteroatoms. The summed E-state index contributed by atoms with van der Waals surface area (Å²) in [5.41, 5.74) is 0. The van der Waals surface area contributed by atoms with E-state index < -0.39 is 11.6 Å². The fourth-order valence-corrected chi connectivity index (χ4v) is 5.15. The van der Waals surface area contributed by atoms with Gasteiger partial charge in [-0.15, -0.1) is 0 Å². The summed E-state index contributed by atoms with van der Waals surface area (Å²) in [6.45, 7) is 2.08. The third kappa shape index (κ3) is 2.39. The van der Waals surface area contributed by atoms with Crippen molar-refractivity contribution < 1.29 is 23.7 Å². The van der Waals surface area contributed by atoms with E-state index in [0.717, 1.165) is 25.7 Å². The van der Waals surface area contributed by atoms with E-state index in [1.807, 2.05) is 0 Å². The summed E-state index contributed by atoms with van der Waals surface area (Å²) >= 11 is 0. The Labute approximate surface area is 137 Å². The van der Waals surface area contributed by atoms with Gasteiger partial charge in [-0.3, -0.25) is 0 Å². The van der Waals surface area contributed by atoms with Crippen LogP contribution in [0.25, 0.3) is 0 Å². The first kappa shape index (κ1) is 15.1. The van der Waals surface area contributed by atoms with Crippen molar-refractivity contribution in [3.8, 4) is 0 Å². The molecule has 5 atom stereocenters. The molecule has 0 N–H and O–H groups in total. The first-order chi connectivity index (χ1) is 11.2. The van der Waals surface area contributed by atoms with Crippen LogP contribution in [-0.4, -0.2) is 42.3 Å². The van der Waals surface area contributed by atoms with Crippen LogP contribution in [0.2, 0.25) is 0 Å². The van der Waals surface area contributed by atoms with Crippen molar-refractivity contribution in [2.75, 3.05) is 0 Å². The van der Waals surface area contributed by atoms with E-state index in [-0.39, 0.29) is 30.7 Å². The van der Waals surface area contributed by atoms with E-state index in [1.165, 1.54) is 38.5 Å². The van der Waals surface area contributed by atoms with Crippen molar-refractivity contribution in [2.24, 2.45) is 0 Å². The Bertz CT molecular complexity index is 454. The predicted molar refractivity (Wildman–Crippen MR) is 81.7 cm³/mol. The van der Waals surface area contributed by atoms with Gasteiger partial charge in [0.25, 0.3) is 0 Å². The third-order valence-corrected chi connectivity index (χ3v) is 6.34. The Morgan fingerprint density at radius 1 is 0.609 bits per heavy atom. The van der Waals surface area contributed by atoms with Gasteiger partial charge in [-0.2, -0.15) is 0 Å². The minimum absolute atomic E-state index is 0.00936. The number of rotatable bonds is 0. The monoisotopic (exact) mass is 324 g/mol. The quantitative estimate of drug-likeness (QED) is 0.684. The van der Waals surface area contributed by atoms with Crippen LogP contribution in [0.5, 0.6) is 0 Å². The van der Waals surface area contributed by atoms with Gasteiger partial charge in [0, 0.05) is 25.7 Å². The summed E-state index contributed by atoms with van der Waals surface area (Å²) in [6, 6.07) is 0. The van der Waals surface area contributed by atoms with Gasteiger partial charge in [-0.25, -0.2) is 0 Å². The minimum atomic E-state index is -0.437. The smallest absolute Gasteiger partial charge is 0.190 e. The summed E-state index contributed by atoms with van der Waals surface area (Å²) in [6.07, 6.45) is 10.7. The summed E-state index contributed by atoms with van der Waals surface area (Å²) in [5.74, 6) is -0.834. The molecule has 3 aliphatic heterocycles. The molecule has 2 saturated carbocycles. The van der Waals surface area contributed by atoms with Crippen molar-refractivity contribution in [2.45, 2.75) is 113 Å². The summed E-state index contributed by atoms with van der Waals surface area (Å²) in [7, 11) is 0. The lowest BCUT2D eigenvalue weighted by molar-refractivity contribution is -0.247. The van der Waals surface area contributed by atoms with Gasteiger partial charge < -0.3 is 23.7 Å². The summed E-state index contributed by atoms with van der Waals surface area (Å²) in [4.78, 5) is 0. The standard InChI is InChI=1S/C18H28O5/c1-12-13-14(21-17(20-13)8-4-2-5-9-17)15-16(19-12)23-18(22-15)10-6-3-7-11-18/h12-16H,2-11H2,1H3/t12-,13+,14+,15-,16?/m1/s1. The van der Waals surface area contributed by atoms with Crippen LogP contribution in [0.3, 0.4) is 0 Å². The van der Waals surface area contributed by atoms with Crippen LogP contribution in [0, 0.1) is 0 Å². The SMILES string of the molecule is C[C@H]1OC2OC3(CCCCC3)O[C@@H]2[C@H]2OC3(CCCCC3)O[C@H]21. The van der Waals surface area contributed by atoms with E-state index in [9.17, 15) is 0 Å². The van der Waals surface area contributed by atoms with Crippen molar-refractivity contribution >= 4 is 0 Å². The van der Waals surface area contributed by atoms with Gasteiger partial charge in [0.1, 0.15) is 18.3 Å². The van der Waals surface area contributed by atoms with Crippen LogP contribution in [-0.2, 0) is 23.7 Å². The zero-order chi connectivity index (χ0) is 15.5. The van der Waals surface area contributed by atoms with Gasteiger partial charge in [-0.05, 0) is 32.6 Å². The second-order valence-electron chi connectivity index (χ2n) is 8.02. The Morgan fingerprint density at radius 3 is 1.78 bits per heavy atom. The lowest BCUT2D eigenvalue weighted by Crippen LogP contribution is -2.53. The summed E-state index contributed by atoms with van der Waals surface area (Å²) < 4.78 is 31.8. The van der Waals surface area contributed by atoms with Crippen LogP contribution < -0.4 is 0 Å². The maximum absolute atomic E-state index is 6.50. The van der Waals surface area contributed by atoms with Crippen molar-refractivity contribution in [3.05, 3.63) is 0 Å². The van der Waals surface area contributed by atoms with E-state index in [0.29, 0.717) is 0 Å². The Hall–Kier alpha value is -0.200. The molecule has 0 amide bonds. The van der Waals surface area contributed by atoms with E-state index in [1.54, 1.807) is 0 Å². The van der Waals surface area contributed by atoms with Gasteiger partial charge in [-0.1, -0.05) is 12.8 Å². The van der Waals surface area contributed by atoms with Crippen LogP contribution in [0.15, 0.2) is 0 Å².